The average molecular weight is 407 g/mol. The Bertz CT molecular complexity index is 930. The van der Waals surface area contributed by atoms with Gasteiger partial charge in [-0.2, -0.15) is 0 Å². The quantitative estimate of drug-likeness (QED) is 0.579. The van der Waals surface area contributed by atoms with Gasteiger partial charge < -0.3 is 5.32 Å². The van der Waals surface area contributed by atoms with Crippen LogP contribution in [-0.4, -0.2) is 15.0 Å². The monoisotopic (exact) mass is 406 g/mol. The number of hydrogen-bond donors (Lipinski definition) is 1. The van der Waals surface area contributed by atoms with E-state index >= 15 is 0 Å². The number of fused-ring (bicyclic) bond motifs is 1. The van der Waals surface area contributed by atoms with Gasteiger partial charge in [0.15, 0.2) is 0 Å². The molecule has 0 fully saturated rings. The molecule has 0 radical (unpaired) electrons. The Labute approximate surface area is 152 Å². The van der Waals surface area contributed by atoms with Crippen LogP contribution in [0.2, 0.25) is 0 Å². The number of nitrogens with zero attached hydrogens (tertiary/aromatic N) is 3. The normalized spacial score (nSPS) is 12.6. The molecule has 130 valence electrons. The highest BCUT2D eigenvalue weighted by molar-refractivity contribution is 9.10. The van der Waals surface area contributed by atoms with Crippen LogP contribution in [0.25, 0.3) is 10.9 Å². The van der Waals surface area contributed by atoms with Crippen molar-refractivity contribution >= 4 is 32.7 Å². The molecular weight excluding hydrogens is 390 g/mol. The minimum absolute atomic E-state index is 0.0572. The standard InChI is InChI=1S/C18H17BrF2N4/c1-9-12(5-4-6-13(9)17(20)21)10(2)23-18-14-7-16(19)22-8-15(14)24-11(3)25-18/h4-8,10,17H,1-3H3,(H,23,24,25)/t10-/m1/s1. The Morgan fingerprint density at radius 3 is 2.56 bits per heavy atom. The molecule has 0 spiro atoms. The summed E-state index contributed by atoms with van der Waals surface area (Å²) in [6.45, 7) is 5.45. The number of rotatable bonds is 4. The summed E-state index contributed by atoms with van der Waals surface area (Å²) < 4.78 is 27.0. The van der Waals surface area contributed by atoms with Crippen LogP contribution in [0.15, 0.2) is 35.1 Å². The minimum Gasteiger partial charge on any atom is -0.363 e. The van der Waals surface area contributed by atoms with Crippen molar-refractivity contribution in [1.29, 1.82) is 0 Å². The second-order valence-electron chi connectivity index (χ2n) is 5.87. The molecule has 0 aliphatic heterocycles. The molecular formula is C18H17BrF2N4. The van der Waals surface area contributed by atoms with E-state index in [1.807, 2.05) is 19.1 Å². The smallest absolute Gasteiger partial charge is 0.264 e. The maximum atomic E-state index is 13.2. The summed E-state index contributed by atoms with van der Waals surface area (Å²) in [7, 11) is 0. The average Bonchev–Trinajstić information content (AvgIpc) is 2.55. The van der Waals surface area contributed by atoms with E-state index in [0.29, 0.717) is 21.8 Å². The summed E-state index contributed by atoms with van der Waals surface area (Å²) in [4.78, 5) is 13.0. The van der Waals surface area contributed by atoms with Crippen LogP contribution in [0.1, 0.15) is 41.9 Å². The first-order valence-electron chi connectivity index (χ1n) is 7.81. The number of aromatic nitrogens is 3. The highest BCUT2D eigenvalue weighted by atomic mass is 79.9. The lowest BCUT2D eigenvalue weighted by Crippen LogP contribution is -2.12. The first-order valence-corrected chi connectivity index (χ1v) is 8.60. The van der Waals surface area contributed by atoms with Crippen LogP contribution in [0, 0.1) is 13.8 Å². The number of benzene rings is 1. The number of nitrogens with one attached hydrogen (secondary N) is 1. The molecule has 0 aliphatic carbocycles. The Balaban J connectivity index is 2.02. The van der Waals surface area contributed by atoms with Crippen molar-refractivity contribution in [3.05, 3.63) is 57.6 Å². The van der Waals surface area contributed by atoms with Crippen molar-refractivity contribution in [2.24, 2.45) is 0 Å². The number of pyridine rings is 1. The predicted molar refractivity (Wildman–Crippen MR) is 97.9 cm³/mol. The zero-order chi connectivity index (χ0) is 18.1. The van der Waals surface area contributed by atoms with Gasteiger partial charge in [0.1, 0.15) is 16.2 Å². The molecule has 3 rings (SSSR count). The van der Waals surface area contributed by atoms with Crippen LogP contribution in [0.3, 0.4) is 0 Å². The maximum Gasteiger partial charge on any atom is 0.264 e. The minimum atomic E-state index is -2.49. The fraction of sp³-hybridized carbons (Fsp3) is 0.278. The van der Waals surface area contributed by atoms with Crippen LogP contribution < -0.4 is 5.32 Å². The van der Waals surface area contributed by atoms with E-state index in [-0.39, 0.29) is 11.6 Å². The van der Waals surface area contributed by atoms with Crippen LogP contribution in [0.5, 0.6) is 0 Å². The van der Waals surface area contributed by atoms with E-state index in [0.717, 1.165) is 16.5 Å². The molecule has 0 saturated heterocycles. The lowest BCUT2D eigenvalue weighted by Gasteiger charge is -2.20. The van der Waals surface area contributed by atoms with Crippen molar-refractivity contribution in [2.45, 2.75) is 33.2 Å². The molecule has 2 heterocycles. The number of halogens is 3. The fourth-order valence-corrected chi connectivity index (χ4v) is 3.22. The maximum absolute atomic E-state index is 13.2. The zero-order valence-electron chi connectivity index (χ0n) is 14.0. The second kappa shape index (κ2) is 7.00. The lowest BCUT2D eigenvalue weighted by molar-refractivity contribution is 0.150. The van der Waals surface area contributed by atoms with Gasteiger partial charge in [0.05, 0.1) is 17.8 Å². The van der Waals surface area contributed by atoms with E-state index in [4.69, 9.17) is 0 Å². The van der Waals surface area contributed by atoms with Gasteiger partial charge in [-0.1, -0.05) is 18.2 Å². The van der Waals surface area contributed by atoms with Gasteiger partial charge in [-0.15, -0.1) is 0 Å². The van der Waals surface area contributed by atoms with Crippen molar-refractivity contribution in [3.8, 4) is 0 Å². The van der Waals surface area contributed by atoms with Crippen LogP contribution in [-0.2, 0) is 0 Å². The highest BCUT2D eigenvalue weighted by Gasteiger charge is 2.17. The van der Waals surface area contributed by atoms with E-state index in [1.165, 1.54) is 6.07 Å². The Kier molecular flexibility index (Phi) is 4.94. The van der Waals surface area contributed by atoms with Gasteiger partial charge in [0, 0.05) is 10.9 Å². The lowest BCUT2D eigenvalue weighted by atomic mass is 9.97. The van der Waals surface area contributed by atoms with E-state index in [9.17, 15) is 8.78 Å². The molecule has 0 amide bonds. The first kappa shape index (κ1) is 17.7. The number of alkyl halides is 2. The molecule has 0 bridgehead atoms. The van der Waals surface area contributed by atoms with Gasteiger partial charge >= 0.3 is 0 Å². The van der Waals surface area contributed by atoms with Crippen molar-refractivity contribution in [2.75, 3.05) is 5.32 Å². The molecule has 0 saturated carbocycles. The summed E-state index contributed by atoms with van der Waals surface area (Å²) in [6.07, 6.45) is -0.816. The third-order valence-electron chi connectivity index (χ3n) is 4.13. The fourth-order valence-electron chi connectivity index (χ4n) is 2.89. The molecule has 1 N–H and O–H groups in total. The summed E-state index contributed by atoms with van der Waals surface area (Å²) in [5, 5.41) is 4.15. The van der Waals surface area contributed by atoms with Gasteiger partial charge in [-0.3, -0.25) is 0 Å². The Morgan fingerprint density at radius 2 is 1.84 bits per heavy atom. The highest BCUT2D eigenvalue weighted by Crippen LogP contribution is 2.31. The van der Waals surface area contributed by atoms with E-state index in [2.05, 4.69) is 36.2 Å². The zero-order valence-corrected chi connectivity index (χ0v) is 15.6. The molecule has 0 unspecified atom stereocenters. The molecule has 1 aromatic carbocycles. The molecule has 1 atom stereocenters. The molecule has 25 heavy (non-hydrogen) atoms. The number of anilines is 1. The number of aryl methyl sites for hydroxylation is 1. The van der Waals surface area contributed by atoms with E-state index < -0.39 is 6.43 Å². The van der Waals surface area contributed by atoms with E-state index in [1.54, 1.807) is 26.1 Å². The Hall–Kier alpha value is -2.15. The molecule has 0 aliphatic rings. The van der Waals surface area contributed by atoms with Gasteiger partial charge in [-0.25, -0.2) is 23.7 Å². The largest absolute Gasteiger partial charge is 0.363 e. The van der Waals surface area contributed by atoms with Crippen molar-refractivity contribution < 1.29 is 8.78 Å². The summed E-state index contributed by atoms with van der Waals surface area (Å²) in [5.41, 5.74) is 2.19. The molecule has 7 heteroatoms. The predicted octanol–water partition coefficient (Wildman–Crippen LogP) is 5.51. The summed E-state index contributed by atoms with van der Waals surface area (Å²) in [6, 6.07) is 6.62. The first-order chi connectivity index (χ1) is 11.9. The Morgan fingerprint density at radius 1 is 1.12 bits per heavy atom. The van der Waals surface area contributed by atoms with Gasteiger partial charge in [0.2, 0.25) is 0 Å². The van der Waals surface area contributed by atoms with Gasteiger partial charge in [-0.05, 0) is 53.9 Å². The third-order valence-corrected chi connectivity index (χ3v) is 4.57. The van der Waals surface area contributed by atoms with Crippen LogP contribution >= 0.6 is 15.9 Å². The van der Waals surface area contributed by atoms with Crippen molar-refractivity contribution in [1.82, 2.24) is 15.0 Å². The van der Waals surface area contributed by atoms with Crippen molar-refractivity contribution in [3.63, 3.8) is 0 Å². The molecule has 3 aromatic rings. The topological polar surface area (TPSA) is 50.7 Å². The summed E-state index contributed by atoms with van der Waals surface area (Å²) in [5.74, 6) is 1.27. The summed E-state index contributed by atoms with van der Waals surface area (Å²) >= 11 is 3.36. The van der Waals surface area contributed by atoms with Crippen LogP contribution in [0.4, 0.5) is 14.6 Å². The third kappa shape index (κ3) is 3.61. The molecule has 2 aromatic heterocycles. The second-order valence-corrected chi connectivity index (χ2v) is 6.68. The number of hydrogen-bond acceptors (Lipinski definition) is 4. The SMILES string of the molecule is Cc1nc(N[C@H](C)c2cccc(C(F)F)c2C)c2cc(Br)ncc2n1. The molecule has 4 nitrogen and oxygen atoms in total. The van der Waals surface area contributed by atoms with Gasteiger partial charge in [0.25, 0.3) is 6.43 Å².